The number of hydrogen-bond acceptors (Lipinski definition) is 3. The first kappa shape index (κ1) is 14.0. The van der Waals surface area contributed by atoms with E-state index in [4.69, 9.17) is 0 Å². The normalized spacial score (nSPS) is 10.0. The third-order valence-electron chi connectivity index (χ3n) is 2.21. The van der Waals surface area contributed by atoms with E-state index in [2.05, 4.69) is 10.3 Å². The van der Waals surface area contributed by atoms with E-state index in [1.807, 2.05) is 0 Å². The molecule has 1 N–H and O–H groups in total. The molecule has 0 spiro atoms. The van der Waals surface area contributed by atoms with Crippen molar-refractivity contribution in [2.24, 2.45) is 0 Å². The van der Waals surface area contributed by atoms with Crippen LogP contribution < -0.4 is 5.32 Å². The number of carbonyl (C=O) groups is 2. The number of carbonyl (C=O) groups excluding carboxylic acids is 2. The van der Waals surface area contributed by atoms with Gasteiger partial charge in [-0.1, -0.05) is 0 Å². The van der Waals surface area contributed by atoms with Crippen LogP contribution in [0.1, 0.15) is 16.8 Å². The second-order valence-electron chi connectivity index (χ2n) is 3.76. The van der Waals surface area contributed by atoms with E-state index < -0.39 is 23.2 Å². The van der Waals surface area contributed by atoms with E-state index in [9.17, 15) is 18.4 Å². The highest BCUT2D eigenvalue weighted by Gasteiger charge is 2.16. The maximum absolute atomic E-state index is 13.2. The fourth-order valence-electron chi connectivity index (χ4n) is 1.20. The van der Waals surface area contributed by atoms with Gasteiger partial charge in [-0.05, 0) is 6.07 Å². The summed E-state index contributed by atoms with van der Waals surface area (Å²) in [6, 6.07) is 1.07. The summed E-state index contributed by atoms with van der Waals surface area (Å²) in [6.07, 6.45) is 1.09. The Kier molecular flexibility index (Phi) is 4.70. The smallest absolute Gasteiger partial charge is 0.254 e. The molecule has 0 saturated heterocycles. The SMILES string of the molecule is CN(C)C(=O)CCNC(=O)c1ccnc(F)c1F. The molecule has 0 fully saturated rings. The maximum atomic E-state index is 13.2. The number of nitrogens with zero attached hydrogens (tertiary/aromatic N) is 2. The average molecular weight is 257 g/mol. The van der Waals surface area contributed by atoms with Crippen LogP contribution in [0.3, 0.4) is 0 Å². The number of halogens is 2. The molecule has 1 rings (SSSR count). The van der Waals surface area contributed by atoms with Crippen LogP contribution in [0, 0.1) is 11.8 Å². The van der Waals surface area contributed by atoms with Gasteiger partial charge in [0, 0.05) is 33.3 Å². The second-order valence-corrected chi connectivity index (χ2v) is 3.76. The lowest BCUT2D eigenvalue weighted by Crippen LogP contribution is -2.30. The van der Waals surface area contributed by atoms with Crippen molar-refractivity contribution in [2.75, 3.05) is 20.6 Å². The summed E-state index contributed by atoms with van der Waals surface area (Å²) in [4.78, 5) is 27.2. The van der Waals surface area contributed by atoms with Crippen molar-refractivity contribution in [3.8, 4) is 0 Å². The predicted octanol–water partition coefficient (Wildman–Crippen LogP) is 0.568. The molecule has 2 amide bonds. The fourth-order valence-corrected chi connectivity index (χ4v) is 1.20. The zero-order valence-corrected chi connectivity index (χ0v) is 10.0. The molecule has 0 unspecified atom stereocenters. The van der Waals surface area contributed by atoms with Gasteiger partial charge >= 0.3 is 0 Å². The summed E-state index contributed by atoms with van der Waals surface area (Å²) in [7, 11) is 3.17. The number of aromatic nitrogens is 1. The lowest BCUT2D eigenvalue weighted by molar-refractivity contribution is -0.128. The molecule has 0 bridgehead atoms. The Morgan fingerprint density at radius 3 is 2.67 bits per heavy atom. The molecule has 0 saturated carbocycles. The van der Waals surface area contributed by atoms with E-state index in [0.29, 0.717) is 0 Å². The predicted molar refractivity (Wildman–Crippen MR) is 59.8 cm³/mol. The molecule has 1 aromatic heterocycles. The van der Waals surface area contributed by atoms with Gasteiger partial charge in [-0.3, -0.25) is 9.59 Å². The summed E-state index contributed by atoms with van der Waals surface area (Å²) in [5.41, 5.74) is -0.431. The topological polar surface area (TPSA) is 62.3 Å². The van der Waals surface area contributed by atoms with E-state index in [0.717, 1.165) is 12.3 Å². The molecule has 0 radical (unpaired) electrons. The van der Waals surface area contributed by atoms with Crippen molar-refractivity contribution in [3.05, 3.63) is 29.6 Å². The molecule has 18 heavy (non-hydrogen) atoms. The first-order chi connectivity index (χ1) is 8.43. The van der Waals surface area contributed by atoms with Gasteiger partial charge < -0.3 is 10.2 Å². The summed E-state index contributed by atoms with van der Waals surface area (Å²) in [6.45, 7) is 0.0548. The summed E-state index contributed by atoms with van der Waals surface area (Å²) in [5.74, 6) is -3.57. The average Bonchev–Trinajstić information content (AvgIpc) is 2.32. The molecule has 1 aromatic rings. The van der Waals surface area contributed by atoms with Gasteiger partial charge in [-0.25, -0.2) is 9.37 Å². The number of hydrogen-bond donors (Lipinski definition) is 1. The van der Waals surface area contributed by atoms with Crippen LogP contribution in [0.15, 0.2) is 12.3 Å². The zero-order chi connectivity index (χ0) is 13.7. The van der Waals surface area contributed by atoms with Crippen LogP contribution in [0.2, 0.25) is 0 Å². The number of rotatable bonds is 4. The minimum absolute atomic E-state index is 0.0548. The van der Waals surface area contributed by atoms with E-state index >= 15 is 0 Å². The van der Waals surface area contributed by atoms with Crippen molar-refractivity contribution < 1.29 is 18.4 Å². The number of amides is 2. The molecule has 7 heteroatoms. The Morgan fingerprint density at radius 2 is 2.06 bits per heavy atom. The van der Waals surface area contributed by atoms with E-state index in [1.165, 1.54) is 4.90 Å². The Labute approximate surface area is 103 Å². The molecular weight excluding hydrogens is 244 g/mol. The largest absolute Gasteiger partial charge is 0.351 e. The molecule has 98 valence electrons. The fraction of sp³-hybridized carbons (Fsp3) is 0.364. The van der Waals surface area contributed by atoms with Gasteiger partial charge in [0.05, 0.1) is 5.56 Å². The third kappa shape index (κ3) is 3.47. The lowest BCUT2D eigenvalue weighted by atomic mass is 10.2. The van der Waals surface area contributed by atoms with Gasteiger partial charge in [0.15, 0.2) is 5.82 Å². The minimum Gasteiger partial charge on any atom is -0.351 e. The summed E-state index contributed by atoms with van der Waals surface area (Å²) < 4.78 is 26.0. The highest BCUT2D eigenvalue weighted by atomic mass is 19.2. The van der Waals surface area contributed by atoms with Crippen LogP contribution >= 0.6 is 0 Å². The molecule has 0 aliphatic carbocycles. The molecule has 5 nitrogen and oxygen atoms in total. The monoisotopic (exact) mass is 257 g/mol. The quantitative estimate of drug-likeness (QED) is 0.802. The second kappa shape index (κ2) is 6.04. The molecule has 0 aliphatic rings. The highest BCUT2D eigenvalue weighted by Crippen LogP contribution is 2.08. The lowest BCUT2D eigenvalue weighted by Gasteiger charge is -2.10. The first-order valence-electron chi connectivity index (χ1n) is 5.22. The Hall–Kier alpha value is -2.05. The van der Waals surface area contributed by atoms with Crippen LogP contribution in [-0.2, 0) is 4.79 Å². The molecule has 0 atom stereocenters. The summed E-state index contributed by atoms with van der Waals surface area (Å²) in [5, 5.41) is 2.33. The van der Waals surface area contributed by atoms with E-state index in [-0.39, 0.29) is 18.9 Å². The highest BCUT2D eigenvalue weighted by molar-refractivity contribution is 5.94. The van der Waals surface area contributed by atoms with Crippen LogP contribution in [-0.4, -0.2) is 42.3 Å². The Bertz CT molecular complexity index is 464. The van der Waals surface area contributed by atoms with Gasteiger partial charge in [0.1, 0.15) is 0 Å². The molecule has 1 heterocycles. The van der Waals surface area contributed by atoms with Crippen molar-refractivity contribution in [1.29, 1.82) is 0 Å². The van der Waals surface area contributed by atoms with Gasteiger partial charge in [0.25, 0.3) is 5.91 Å². The molecule has 0 aliphatic heterocycles. The number of nitrogens with one attached hydrogen (secondary N) is 1. The summed E-state index contributed by atoms with van der Waals surface area (Å²) >= 11 is 0. The first-order valence-corrected chi connectivity index (χ1v) is 5.22. The van der Waals surface area contributed by atoms with Crippen LogP contribution in [0.4, 0.5) is 8.78 Å². The van der Waals surface area contributed by atoms with Crippen molar-refractivity contribution in [1.82, 2.24) is 15.2 Å². The zero-order valence-electron chi connectivity index (χ0n) is 10.0. The Balaban J connectivity index is 2.56. The van der Waals surface area contributed by atoms with Gasteiger partial charge in [0.2, 0.25) is 11.9 Å². The van der Waals surface area contributed by atoms with Crippen LogP contribution in [0.5, 0.6) is 0 Å². The van der Waals surface area contributed by atoms with Crippen molar-refractivity contribution >= 4 is 11.8 Å². The van der Waals surface area contributed by atoms with Crippen molar-refractivity contribution in [3.63, 3.8) is 0 Å². The number of pyridine rings is 1. The molecule has 0 aromatic carbocycles. The van der Waals surface area contributed by atoms with Crippen molar-refractivity contribution in [2.45, 2.75) is 6.42 Å². The maximum Gasteiger partial charge on any atom is 0.254 e. The molecular formula is C11H13F2N3O2. The standard InChI is InChI=1S/C11H13F2N3O2/c1-16(2)8(17)4-6-15-11(18)7-3-5-14-10(13)9(7)12/h3,5H,4,6H2,1-2H3,(H,15,18). The third-order valence-corrected chi connectivity index (χ3v) is 2.21. The Morgan fingerprint density at radius 1 is 1.39 bits per heavy atom. The van der Waals surface area contributed by atoms with Crippen LogP contribution in [0.25, 0.3) is 0 Å². The minimum atomic E-state index is -1.33. The van der Waals surface area contributed by atoms with E-state index in [1.54, 1.807) is 14.1 Å². The van der Waals surface area contributed by atoms with Gasteiger partial charge in [-0.2, -0.15) is 4.39 Å². The van der Waals surface area contributed by atoms with Gasteiger partial charge in [-0.15, -0.1) is 0 Å².